The zero-order valence-electron chi connectivity index (χ0n) is 14.1. The summed E-state index contributed by atoms with van der Waals surface area (Å²) in [5.74, 6) is 0.743. The van der Waals surface area contributed by atoms with Crippen LogP contribution >= 0.6 is 35.3 Å². The van der Waals surface area contributed by atoms with Crippen LogP contribution < -0.4 is 10.6 Å². The second-order valence-electron chi connectivity index (χ2n) is 5.22. The van der Waals surface area contributed by atoms with Gasteiger partial charge in [0.1, 0.15) is 5.01 Å². The summed E-state index contributed by atoms with van der Waals surface area (Å²) in [6.45, 7) is 1.31. The molecule has 6 nitrogen and oxygen atoms in total. The largest absolute Gasteiger partial charge is 0.351 e. The molecular formula is C17H21IN6S. The Bertz CT molecular complexity index is 811. The minimum atomic E-state index is 0. The third kappa shape index (κ3) is 5.27. The van der Waals surface area contributed by atoms with E-state index in [1.54, 1.807) is 24.6 Å². The highest BCUT2D eigenvalue weighted by atomic mass is 127. The number of rotatable bonds is 5. The maximum atomic E-state index is 4.67. The molecular weight excluding hydrogens is 447 g/mol. The number of benzene rings is 1. The highest BCUT2D eigenvalue weighted by Crippen LogP contribution is 2.21. The molecule has 0 aliphatic rings. The second kappa shape index (κ2) is 9.52. The Morgan fingerprint density at radius 2 is 1.92 bits per heavy atom. The fourth-order valence-electron chi connectivity index (χ4n) is 2.26. The van der Waals surface area contributed by atoms with Gasteiger partial charge in [-0.15, -0.1) is 35.3 Å². The monoisotopic (exact) mass is 468 g/mol. The van der Waals surface area contributed by atoms with E-state index in [4.69, 9.17) is 0 Å². The highest BCUT2D eigenvalue weighted by molar-refractivity contribution is 14.0. The summed E-state index contributed by atoms with van der Waals surface area (Å²) in [7, 11) is 3.68. The van der Waals surface area contributed by atoms with Crippen LogP contribution in [-0.4, -0.2) is 27.8 Å². The number of nitrogens with one attached hydrogen (secondary N) is 2. The number of aromatic nitrogens is 3. The Hall–Kier alpha value is -1.94. The van der Waals surface area contributed by atoms with Gasteiger partial charge in [-0.05, 0) is 6.07 Å². The van der Waals surface area contributed by atoms with Gasteiger partial charge in [-0.25, -0.2) is 4.98 Å². The van der Waals surface area contributed by atoms with Crippen LogP contribution in [0.1, 0.15) is 10.7 Å². The molecule has 0 fully saturated rings. The molecule has 2 aromatic heterocycles. The summed E-state index contributed by atoms with van der Waals surface area (Å²) >= 11 is 1.64. The van der Waals surface area contributed by atoms with E-state index in [1.807, 2.05) is 36.0 Å². The lowest BCUT2D eigenvalue weighted by atomic mass is 10.2. The van der Waals surface area contributed by atoms with Crippen LogP contribution in [0.25, 0.3) is 11.3 Å². The van der Waals surface area contributed by atoms with Crippen LogP contribution in [0.15, 0.2) is 53.0 Å². The Balaban J connectivity index is 0.00000225. The number of thiazole rings is 1. The van der Waals surface area contributed by atoms with Gasteiger partial charge in [0.05, 0.1) is 24.5 Å². The van der Waals surface area contributed by atoms with Crippen molar-refractivity contribution in [3.8, 4) is 11.3 Å². The SMILES string of the molecule is CN=C(NCc1nc(-c2ccccc2)cs1)NCc1ccnn1C.I. The molecule has 8 heteroatoms. The molecule has 0 radical (unpaired) electrons. The van der Waals surface area contributed by atoms with Crippen molar-refractivity contribution in [3.05, 3.63) is 58.7 Å². The molecule has 3 aromatic rings. The van der Waals surface area contributed by atoms with Crippen LogP contribution in [0.5, 0.6) is 0 Å². The van der Waals surface area contributed by atoms with Crippen LogP contribution in [0.3, 0.4) is 0 Å². The lowest BCUT2D eigenvalue weighted by molar-refractivity contribution is 0.684. The third-order valence-electron chi connectivity index (χ3n) is 3.61. The quantitative estimate of drug-likeness (QED) is 0.343. The zero-order valence-corrected chi connectivity index (χ0v) is 17.3. The minimum Gasteiger partial charge on any atom is -0.351 e. The van der Waals surface area contributed by atoms with Gasteiger partial charge in [0.2, 0.25) is 0 Å². The molecule has 25 heavy (non-hydrogen) atoms. The molecule has 1 aromatic carbocycles. The van der Waals surface area contributed by atoms with Crippen molar-refractivity contribution in [2.75, 3.05) is 7.05 Å². The van der Waals surface area contributed by atoms with Crippen molar-refractivity contribution >= 4 is 41.3 Å². The third-order valence-corrected chi connectivity index (χ3v) is 4.46. The predicted molar refractivity (Wildman–Crippen MR) is 113 cm³/mol. The van der Waals surface area contributed by atoms with Gasteiger partial charge in [-0.3, -0.25) is 9.67 Å². The Morgan fingerprint density at radius 3 is 2.60 bits per heavy atom. The molecule has 0 aliphatic heterocycles. The van der Waals surface area contributed by atoms with Gasteiger partial charge < -0.3 is 10.6 Å². The summed E-state index contributed by atoms with van der Waals surface area (Å²) in [4.78, 5) is 8.91. The summed E-state index contributed by atoms with van der Waals surface area (Å²) in [6, 6.07) is 12.2. The predicted octanol–water partition coefficient (Wildman–Crippen LogP) is 3.03. The van der Waals surface area contributed by atoms with E-state index in [-0.39, 0.29) is 24.0 Å². The molecule has 0 aliphatic carbocycles. The fourth-order valence-corrected chi connectivity index (χ4v) is 3.01. The number of aliphatic imine (C=N–C) groups is 1. The first kappa shape index (κ1) is 19.4. The molecule has 2 N–H and O–H groups in total. The Labute approximate surface area is 168 Å². The standard InChI is InChI=1S/C17H20N6S.HI/c1-18-17(19-10-14-8-9-21-23(14)2)20-11-16-22-15(12-24-16)13-6-4-3-5-7-13;/h3-9,12H,10-11H2,1-2H3,(H2,18,19,20);1H. The number of hydrogen-bond acceptors (Lipinski definition) is 4. The highest BCUT2D eigenvalue weighted by Gasteiger charge is 2.06. The molecule has 0 amide bonds. The first-order valence-corrected chi connectivity index (χ1v) is 8.55. The lowest BCUT2D eigenvalue weighted by Gasteiger charge is -2.10. The molecule has 3 rings (SSSR count). The molecule has 0 saturated heterocycles. The van der Waals surface area contributed by atoms with Crippen molar-refractivity contribution in [1.82, 2.24) is 25.4 Å². The van der Waals surface area contributed by atoms with E-state index in [0.29, 0.717) is 13.1 Å². The van der Waals surface area contributed by atoms with E-state index in [9.17, 15) is 0 Å². The van der Waals surface area contributed by atoms with Crippen LogP contribution in [-0.2, 0) is 20.1 Å². The van der Waals surface area contributed by atoms with Gasteiger partial charge in [-0.1, -0.05) is 30.3 Å². The van der Waals surface area contributed by atoms with Gasteiger partial charge in [0.15, 0.2) is 5.96 Å². The zero-order chi connectivity index (χ0) is 16.8. The molecule has 0 bridgehead atoms. The molecule has 0 saturated carbocycles. The Kier molecular flexibility index (Phi) is 7.38. The number of hydrogen-bond donors (Lipinski definition) is 2. The van der Waals surface area contributed by atoms with Crippen molar-refractivity contribution in [2.45, 2.75) is 13.1 Å². The summed E-state index contributed by atoms with van der Waals surface area (Å²) in [5.41, 5.74) is 3.24. The lowest BCUT2D eigenvalue weighted by Crippen LogP contribution is -2.36. The molecule has 0 spiro atoms. The second-order valence-corrected chi connectivity index (χ2v) is 6.16. The van der Waals surface area contributed by atoms with Gasteiger partial charge in [0.25, 0.3) is 0 Å². The normalized spacial score (nSPS) is 11.0. The van der Waals surface area contributed by atoms with Crippen molar-refractivity contribution in [3.63, 3.8) is 0 Å². The molecule has 0 atom stereocenters. The summed E-state index contributed by atoms with van der Waals surface area (Å²) < 4.78 is 1.84. The minimum absolute atomic E-state index is 0. The number of aryl methyl sites for hydroxylation is 1. The van der Waals surface area contributed by atoms with Gasteiger partial charge >= 0.3 is 0 Å². The number of guanidine groups is 1. The van der Waals surface area contributed by atoms with E-state index >= 15 is 0 Å². The maximum Gasteiger partial charge on any atom is 0.191 e. The molecule has 2 heterocycles. The van der Waals surface area contributed by atoms with E-state index in [2.05, 4.69) is 43.2 Å². The van der Waals surface area contributed by atoms with Crippen molar-refractivity contribution in [2.24, 2.45) is 12.0 Å². The average molecular weight is 468 g/mol. The Morgan fingerprint density at radius 1 is 1.16 bits per heavy atom. The van der Waals surface area contributed by atoms with Gasteiger partial charge in [0, 0.05) is 31.2 Å². The molecule has 0 unspecified atom stereocenters. The maximum absolute atomic E-state index is 4.67. The number of halogens is 1. The summed E-state index contributed by atoms with van der Waals surface area (Å²) in [6.07, 6.45) is 1.79. The smallest absolute Gasteiger partial charge is 0.191 e. The van der Waals surface area contributed by atoms with Crippen LogP contribution in [0.2, 0.25) is 0 Å². The van der Waals surface area contributed by atoms with Gasteiger partial charge in [-0.2, -0.15) is 5.10 Å². The van der Waals surface area contributed by atoms with Crippen molar-refractivity contribution < 1.29 is 0 Å². The fraction of sp³-hybridized carbons (Fsp3) is 0.235. The van der Waals surface area contributed by atoms with Crippen LogP contribution in [0, 0.1) is 0 Å². The van der Waals surface area contributed by atoms with Crippen LogP contribution in [0.4, 0.5) is 0 Å². The average Bonchev–Trinajstić information content (AvgIpc) is 3.25. The first-order valence-electron chi connectivity index (χ1n) is 7.67. The molecule has 132 valence electrons. The topological polar surface area (TPSA) is 67.1 Å². The van der Waals surface area contributed by atoms with Crippen molar-refractivity contribution in [1.29, 1.82) is 0 Å². The van der Waals surface area contributed by atoms with E-state index in [0.717, 1.165) is 27.9 Å². The summed E-state index contributed by atoms with van der Waals surface area (Å²) in [5, 5.41) is 13.8. The number of nitrogens with zero attached hydrogens (tertiary/aromatic N) is 4. The van der Waals surface area contributed by atoms with E-state index in [1.165, 1.54) is 0 Å². The van der Waals surface area contributed by atoms with E-state index < -0.39 is 0 Å². The first-order chi connectivity index (χ1) is 11.8.